The lowest BCUT2D eigenvalue weighted by molar-refractivity contribution is -0.137. The van der Waals surface area contributed by atoms with Crippen molar-refractivity contribution in [3.05, 3.63) is 95.1 Å². The molecule has 3 aromatic carbocycles. The molecule has 1 fully saturated rings. The molecule has 0 aromatic heterocycles. The second-order valence-electron chi connectivity index (χ2n) is 8.80. The zero-order valence-electron chi connectivity index (χ0n) is 18.9. The molecule has 0 radical (unpaired) electrons. The van der Waals surface area contributed by atoms with E-state index < -0.39 is 36.4 Å². The van der Waals surface area contributed by atoms with Crippen LogP contribution >= 0.6 is 0 Å². The van der Waals surface area contributed by atoms with Crippen molar-refractivity contribution in [1.29, 1.82) is 0 Å². The Hall–Kier alpha value is -3.36. The Morgan fingerprint density at radius 2 is 1.54 bits per heavy atom. The molecule has 0 saturated carbocycles. The van der Waals surface area contributed by atoms with Gasteiger partial charge in [-0.05, 0) is 53.3 Å². The Kier molecular flexibility index (Phi) is 6.02. The Balaban J connectivity index is 1.31. The molecule has 1 N–H and O–H groups in total. The van der Waals surface area contributed by atoms with E-state index in [1.165, 1.54) is 17.0 Å². The number of ether oxygens (including phenoxy) is 2. The van der Waals surface area contributed by atoms with Crippen LogP contribution in [-0.2, 0) is 22.1 Å². The lowest BCUT2D eigenvalue weighted by Crippen LogP contribution is -2.44. The molecule has 3 aromatic rings. The average molecular weight is 483 g/mol. The number of amides is 1. The van der Waals surface area contributed by atoms with E-state index in [1.54, 1.807) is 6.92 Å². The van der Waals surface area contributed by atoms with Gasteiger partial charge in [-0.25, -0.2) is 4.79 Å². The summed E-state index contributed by atoms with van der Waals surface area (Å²) in [6, 6.07) is 19.8. The monoisotopic (exact) mass is 483 g/mol. The van der Waals surface area contributed by atoms with Crippen molar-refractivity contribution in [3.8, 4) is 11.1 Å². The lowest BCUT2D eigenvalue weighted by Gasteiger charge is -2.27. The number of hydrogen-bond acceptors (Lipinski definition) is 4. The van der Waals surface area contributed by atoms with Crippen molar-refractivity contribution in [1.82, 2.24) is 4.90 Å². The number of alkyl halides is 3. The van der Waals surface area contributed by atoms with Crippen LogP contribution in [0.25, 0.3) is 11.1 Å². The standard InChI is InChI=1S/C27H24F3NO4/c1-16-31(24(25(32)35-16)14-17-10-12-18(13-11-17)27(28,29)30)26(33)34-15-23-21-8-4-2-6-19(21)20-7-3-5-9-22(20)23/h2-13,16,23-25,32H,14-15H2,1H3/t16?,24-,25?/m0/s1. The first-order valence-electron chi connectivity index (χ1n) is 11.4. The van der Waals surface area contributed by atoms with Crippen LogP contribution in [0.2, 0.25) is 0 Å². The summed E-state index contributed by atoms with van der Waals surface area (Å²) in [6.45, 7) is 1.73. The van der Waals surface area contributed by atoms with E-state index >= 15 is 0 Å². The van der Waals surface area contributed by atoms with Crippen LogP contribution < -0.4 is 0 Å². The number of hydrogen-bond donors (Lipinski definition) is 1. The fraction of sp³-hybridized carbons (Fsp3) is 0.296. The summed E-state index contributed by atoms with van der Waals surface area (Å²) in [7, 11) is 0. The van der Waals surface area contributed by atoms with Crippen LogP contribution in [0.3, 0.4) is 0 Å². The van der Waals surface area contributed by atoms with Crippen molar-refractivity contribution in [2.24, 2.45) is 0 Å². The summed E-state index contributed by atoms with van der Waals surface area (Å²) in [6.07, 6.45) is -7.00. The van der Waals surface area contributed by atoms with Crippen molar-refractivity contribution in [2.75, 3.05) is 6.61 Å². The predicted molar refractivity (Wildman–Crippen MR) is 122 cm³/mol. The molecular formula is C27H24F3NO4. The van der Waals surface area contributed by atoms with E-state index in [2.05, 4.69) is 0 Å². The minimum absolute atomic E-state index is 0.110. The highest BCUT2D eigenvalue weighted by molar-refractivity contribution is 5.79. The van der Waals surface area contributed by atoms with Gasteiger partial charge in [0.05, 0.1) is 11.6 Å². The van der Waals surface area contributed by atoms with E-state index in [-0.39, 0.29) is 18.9 Å². The van der Waals surface area contributed by atoms with Crippen molar-refractivity contribution < 1.29 is 32.5 Å². The maximum absolute atomic E-state index is 13.1. The molecule has 0 bridgehead atoms. The van der Waals surface area contributed by atoms with Gasteiger partial charge in [0.15, 0.2) is 6.29 Å². The Labute approximate surface area is 200 Å². The zero-order chi connectivity index (χ0) is 24.7. The van der Waals surface area contributed by atoms with E-state index in [1.807, 2.05) is 48.5 Å². The fourth-order valence-electron chi connectivity index (χ4n) is 4.99. The van der Waals surface area contributed by atoms with Gasteiger partial charge in [-0.3, -0.25) is 4.90 Å². The molecule has 0 spiro atoms. The Morgan fingerprint density at radius 1 is 0.971 bits per heavy atom. The van der Waals surface area contributed by atoms with Crippen LogP contribution in [-0.4, -0.2) is 41.3 Å². The number of halogens is 3. The number of fused-ring (bicyclic) bond motifs is 3. The summed E-state index contributed by atoms with van der Waals surface area (Å²) >= 11 is 0. The summed E-state index contributed by atoms with van der Waals surface area (Å²) < 4.78 is 49.8. The third-order valence-corrected chi connectivity index (χ3v) is 6.69. The maximum atomic E-state index is 13.1. The minimum atomic E-state index is -4.43. The number of aliphatic hydroxyl groups is 1. The normalized spacial score (nSPS) is 21.6. The molecule has 1 aliphatic carbocycles. The molecule has 8 heteroatoms. The van der Waals surface area contributed by atoms with E-state index in [0.29, 0.717) is 5.56 Å². The number of carbonyl (C=O) groups is 1. The number of aliphatic hydroxyl groups excluding tert-OH is 1. The van der Waals surface area contributed by atoms with Crippen molar-refractivity contribution >= 4 is 6.09 Å². The number of rotatable bonds is 4. The molecular weight excluding hydrogens is 459 g/mol. The zero-order valence-corrected chi connectivity index (χ0v) is 18.9. The van der Waals surface area contributed by atoms with Crippen LogP contribution in [0.1, 0.15) is 35.1 Å². The summed E-state index contributed by atoms with van der Waals surface area (Å²) in [5, 5.41) is 10.4. The van der Waals surface area contributed by atoms with Gasteiger partial charge in [-0.2, -0.15) is 13.2 Å². The Morgan fingerprint density at radius 3 is 2.11 bits per heavy atom. The van der Waals surface area contributed by atoms with Gasteiger partial charge in [0, 0.05) is 5.92 Å². The molecule has 3 atom stereocenters. The highest BCUT2D eigenvalue weighted by Crippen LogP contribution is 2.44. The number of nitrogens with zero attached hydrogens (tertiary/aromatic N) is 1. The van der Waals surface area contributed by atoms with Gasteiger partial charge in [-0.1, -0.05) is 60.7 Å². The van der Waals surface area contributed by atoms with Gasteiger partial charge in [0.25, 0.3) is 0 Å². The van der Waals surface area contributed by atoms with Gasteiger partial charge in [0.2, 0.25) is 0 Å². The molecule has 2 aliphatic rings. The highest BCUT2D eigenvalue weighted by Gasteiger charge is 2.43. The molecule has 182 valence electrons. The quantitative estimate of drug-likeness (QED) is 0.528. The summed E-state index contributed by atoms with van der Waals surface area (Å²) in [5.74, 6) is -0.122. The molecule has 1 heterocycles. The van der Waals surface area contributed by atoms with Crippen LogP contribution in [0, 0.1) is 0 Å². The van der Waals surface area contributed by atoms with Gasteiger partial charge in [0.1, 0.15) is 12.8 Å². The molecule has 35 heavy (non-hydrogen) atoms. The molecule has 5 rings (SSSR count). The maximum Gasteiger partial charge on any atom is 0.416 e. The molecule has 1 amide bonds. The van der Waals surface area contributed by atoms with Crippen LogP contribution in [0.5, 0.6) is 0 Å². The van der Waals surface area contributed by atoms with Gasteiger partial charge < -0.3 is 14.6 Å². The first kappa shape index (κ1) is 23.4. The second-order valence-corrected chi connectivity index (χ2v) is 8.80. The lowest BCUT2D eigenvalue weighted by atomic mass is 9.98. The van der Waals surface area contributed by atoms with E-state index in [9.17, 15) is 23.1 Å². The summed E-state index contributed by atoms with van der Waals surface area (Å²) in [4.78, 5) is 14.4. The van der Waals surface area contributed by atoms with Gasteiger partial charge >= 0.3 is 12.3 Å². The Bertz CT molecular complexity index is 1180. The second kappa shape index (κ2) is 9.02. The largest absolute Gasteiger partial charge is 0.448 e. The predicted octanol–water partition coefficient (Wildman–Crippen LogP) is 5.56. The third kappa shape index (κ3) is 4.39. The number of carbonyl (C=O) groups excluding carboxylic acids is 1. The van der Waals surface area contributed by atoms with E-state index in [0.717, 1.165) is 34.4 Å². The third-order valence-electron chi connectivity index (χ3n) is 6.69. The fourth-order valence-corrected chi connectivity index (χ4v) is 4.99. The molecule has 1 saturated heterocycles. The van der Waals surface area contributed by atoms with E-state index in [4.69, 9.17) is 9.47 Å². The molecule has 5 nitrogen and oxygen atoms in total. The minimum Gasteiger partial charge on any atom is -0.448 e. The molecule has 2 unspecified atom stereocenters. The van der Waals surface area contributed by atoms with Crippen LogP contribution in [0.15, 0.2) is 72.8 Å². The molecule has 1 aliphatic heterocycles. The van der Waals surface area contributed by atoms with Crippen molar-refractivity contribution in [3.63, 3.8) is 0 Å². The van der Waals surface area contributed by atoms with Gasteiger partial charge in [-0.15, -0.1) is 0 Å². The topological polar surface area (TPSA) is 59.0 Å². The SMILES string of the molecule is CC1OC(O)[C@H](Cc2ccc(C(F)(F)F)cc2)N1C(=O)OCC1c2ccccc2-c2ccccc21. The smallest absolute Gasteiger partial charge is 0.416 e. The number of benzene rings is 3. The summed E-state index contributed by atoms with van der Waals surface area (Å²) in [5.41, 5.74) is 4.15. The average Bonchev–Trinajstić information content (AvgIpc) is 3.30. The highest BCUT2D eigenvalue weighted by atomic mass is 19.4. The van der Waals surface area contributed by atoms with Crippen molar-refractivity contribution in [2.45, 2.75) is 44.0 Å². The van der Waals surface area contributed by atoms with Crippen LogP contribution in [0.4, 0.5) is 18.0 Å². The first-order chi connectivity index (χ1) is 16.7. The first-order valence-corrected chi connectivity index (χ1v) is 11.4.